The molecule has 1 aromatic heterocycles. The number of hydrogen-bond acceptors (Lipinski definition) is 5. The second-order valence-electron chi connectivity index (χ2n) is 4.58. The lowest BCUT2D eigenvalue weighted by atomic mass is 10.2. The number of ether oxygens (including phenoxy) is 2. The van der Waals surface area contributed by atoms with E-state index < -0.39 is 6.29 Å². The molecule has 2 aromatic rings. The smallest absolute Gasteiger partial charge is 0.173 e. The highest BCUT2D eigenvalue weighted by Gasteiger charge is 2.22. The topological polar surface area (TPSA) is 74.3 Å². The summed E-state index contributed by atoms with van der Waals surface area (Å²) in [5.74, 6) is 6.58. The lowest BCUT2D eigenvalue weighted by Crippen LogP contribution is -2.47. The second kappa shape index (κ2) is 6.81. The highest BCUT2D eigenvalue weighted by molar-refractivity contribution is 5.75. The second-order valence-corrected chi connectivity index (χ2v) is 4.58. The molecule has 0 saturated carbocycles. The summed E-state index contributed by atoms with van der Waals surface area (Å²) in [7, 11) is 3.20. The van der Waals surface area contributed by atoms with E-state index in [4.69, 9.17) is 15.3 Å². The van der Waals surface area contributed by atoms with E-state index in [1.807, 2.05) is 18.2 Å². The van der Waals surface area contributed by atoms with Crippen LogP contribution in [0.2, 0.25) is 0 Å². The van der Waals surface area contributed by atoms with Crippen molar-refractivity contribution in [1.82, 2.24) is 15.0 Å². The molecule has 1 aromatic carbocycles. The molecule has 0 bridgehead atoms. The van der Waals surface area contributed by atoms with E-state index in [2.05, 4.69) is 28.0 Å². The minimum Gasteiger partial charge on any atom is -0.354 e. The van der Waals surface area contributed by atoms with Crippen LogP contribution < -0.4 is 11.3 Å². The van der Waals surface area contributed by atoms with Crippen molar-refractivity contribution in [3.63, 3.8) is 0 Å². The van der Waals surface area contributed by atoms with E-state index in [0.29, 0.717) is 6.42 Å². The molecule has 1 atom stereocenters. The van der Waals surface area contributed by atoms with Gasteiger partial charge < -0.3 is 14.0 Å². The molecule has 0 aliphatic heterocycles. The van der Waals surface area contributed by atoms with Crippen LogP contribution in [0.5, 0.6) is 0 Å². The summed E-state index contributed by atoms with van der Waals surface area (Å²) in [6, 6.07) is 7.94. The van der Waals surface area contributed by atoms with E-state index in [-0.39, 0.29) is 6.04 Å². The van der Waals surface area contributed by atoms with Crippen molar-refractivity contribution < 1.29 is 9.47 Å². The van der Waals surface area contributed by atoms with Crippen LogP contribution in [-0.4, -0.2) is 36.1 Å². The zero-order valence-electron chi connectivity index (χ0n) is 12.2. The Hall–Kier alpha value is -1.47. The first-order chi connectivity index (χ1) is 9.74. The van der Waals surface area contributed by atoms with Gasteiger partial charge in [0.25, 0.3) is 0 Å². The van der Waals surface area contributed by atoms with E-state index in [0.717, 1.165) is 23.4 Å². The highest BCUT2D eigenvalue weighted by atomic mass is 16.7. The predicted octanol–water partition coefficient (Wildman–Crippen LogP) is 1.05. The van der Waals surface area contributed by atoms with Crippen LogP contribution in [0.4, 0.5) is 0 Å². The van der Waals surface area contributed by atoms with E-state index in [9.17, 15) is 0 Å². The molecule has 1 unspecified atom stereocenters. The molecule has 20 heavy (non-hydrogen) atoms. The monoisotopic (exact) mass is 278 g/mol. The molecule has 6 nitrogen and oxygen atoms in total. The molecule has 0 fully saturated rings. The molecule has 6 heteroatoms. The van der Waals surface area contributed by atoms with Crippen molar-refractivity contribution >= 4 is 11.0 Å². The summed E-state index contributed by atoms with van der Waals surface area (Å²) in [5, 5.41) is 0. The zero-order chi connectivity index (χ0) is 14.5. The van der Waals surface area contributed by atoms with Crippen molar-refractivity contribution in [3.05, 3.63) is 30.1 Å². The van der Waals surface area contributed by atoms with Gasteiger partial charge in [0, 0.05) is 27.2 Å². The number of hydrazine groups is 1. The standard InChI is InChI=1S/C14H22N4O2/c1-4-18-12-8-6-5-7-10(12)16-13(18)9-11(17-15)14(19-2)20-3/h5-8,11,14,17H,4,9,15H2,1-3H3. The van der Waals surface area contributed by atoms with Crippen LogP contribution in [-0.2, 0) is 22.4 Å². The summed E-state index contributed by atoms with van der Waals surface area (Å²) in [5.41, 5.74) is 4.87. The summed E-state index contributed by atoms with van der Waals surface area (Å²) < 4.78 is 12.7. The van der Waals surface area contributed by atoms with Gasteiger partial charge >= 0.3 is 0 Å². The Morgan fingerprint density at radius 3 is 2.60 bits per heavy atom. The number of aromatic nitrogens is 2. The number of aryl methyl sites for hydroxylation is 1. The van der Waals surface area contributed by atoms with Crippen molar-refractivity contribution in [1.29, 1.82) is 0 Å². The van der Waals surface area contributed by atoms with Gasteiger partial charge in [0.2, 0.25) is 0 Å². The minimum absolute atomic E-state index is 0.160. The van der Waals surface area contributed by atoms with Gasteiger partial charge in [-0.2, -0.15) is 0 Å². The van der Waals surface area contributed by atoms with Gasteiger partial charge in [-0.1, -0.05) is 12.1 Å². The molecular formula is C14H22N4O2. The van der Waals surface area contributed by atoms with E-state index in [1.165, 1.54) is 0 Å². The summed E-state index contributed by atoms with van der Waals surface area (Å²) in [6.07, 6.45) is 0.218. The number of nitrogens with two attached hydrogens (primary N) is 1. The molecule has 0 radical (unpaired) electrons. The third-order valence-electron chi connectivity index (χ3n) is 3.46. The maximum absolute atomic E-state index is 5.61. The third-order valence-corrected chi connectivity index (χ3v) is 3.46. The maximum atomic E-state index is 5.61. The first kappa shape index (κ1) is 14.9. The third kappa shape index (κ3) is 2.83. The largest absolute Gasteiger partial charge is 0.354 e. The Morgan fingerprint density at radius 2 is 2.00 bits per heavy atom. The molecular weight excluding hydrogens is 256 g/mol. The number of hydrogen-bond donors (Lipinski definition) is 2. The SMILES string of the molecule is CCn1c(CC(NN)C(OC)OC)nc2ccccc21. The highest BCUT2D eigenvalue weighted by Crippen LogP contribution is 2.18. The Labute approximate surface area is 118 Å². The van der Waals surface area contributed by atoms with Gasteiger partial charge in [-0.05, 0) is 19.1 Å². The van der Waals surface area contributed by atoms with Gasteiger partial charge in [0.15, 0.2) is 6.29 Å². The lowest BCUT2D eigenvalue weighted by Gasteiger charge is -2.23. The fourth-order valence-corrected chi connectivity index (χ4v) is 2.49. The Morgan fingerprint density at radius 1 is 1.30 bits per heavy atom. The molecule has 0 amide bonds. The molecule has 0 saturated heterocycles. The van der Waals surface area contributed by atoms with Crippen LogP contribution in [0.3, 0.4) is 0 Å². The van der Waals surface area contributed by atoms with Crippen LogP contribution in [0.1, 0.15) is 12.7 Å². The van der Waals surface area contributed by atoms with E-state index >= 15 is 0 Å². The Balaban J connectivity index is 2.32. The van der Waals surface area contributed by atoms with Gasteiger partial charge in [-0.3, -0.25) is 11.3 Å². The van der Waals surface area contributed by atoms with Gasteiger partial charge in [-0.25, -0.2) is 4.98 Å². The van der Waals surface area contributed by atoms with Crippen LogP contribution in [0, 0.1) is 0 Å². The average molecular weight is 278 g/mol. The van der Waals surface area contributed by atoms with Crippen LogP contribution >= 0.6 is 0 Å². The fraction of sp³-hybridized carbons (Fsp3) is 0.500. The van der Waals surface area contributed by atoms with Crippen molar-refractivity contribution in [2.24, 2.45) is 5.84 Å². The first-order valence-electron chi connectivity index (χ1n) is 6.71. The molecule has 0 spiro atoms. The quantitative estimate of drug-likeness (QED) is 0.450. The summed E-state index contributed by atoms with van der Waals surface area (Å²) in [6.45, 7) is 2.96. The van der Waals surface area contributed by atoms with E-state index in [1.54, 1.807) is 14.2 Å². The van der Waals surface area contributed by atoms with Gasteiger partial charge in [-0.15, -0.1) is 0 Å². The Bertz CT molecular complexity index is 551. The average Bonchev–Trinajstić information content (AvgIpc) is 2.84. The molecule has 3 N–H and O–H groups in total. The zero-order valence-corrected chi connectivity index (χ0v) is 12.2. The predicted molar refractivity (Wildman–Crippen MR) is 78.0 cm³/mol. The normalized spacial score (nSPS) is 13.2. The first-order valence-corrected chi connectivity index (χ1v) is 6.71. The number of methoxy groups -OCH3 is 2. The molecule has 0 aliphatic rings. The number of nitrogens with one attached hydrogen (secondary N) is 1. The number of nitrogens with zero attached hydrogens (tertiary/aromatic N) is 2. The molecule has 110 valence electrons. The number of fused-ring (bicyclic) bond motifs is 1. The number of para-hydroxylation sites is 2. The molecule has 1 heterocycles. The van der Waals surface area contributed by atoms with Gasteiger partial charge in [0.1, 0.15) is 5.82 Å². The van der Waals surface area contributed by atoms with Crippen molar-refractivity contribution in [2.75, 3.05) is 14.2 Å². The lowest BCUT2D eigenvalue weighted by molar-refractivity contribution is -0.123. The molecule has 0 aliphatic carbocycles. The Kier molecular flexibility index (Phi) is 5.08. The summed E-state index contributed by atoms with van der Waals surface area (Å²) >= 11 is 0. The van der Waals surface area contributed by atoms with Crippen LogP contribution in [0.25, 0.3) is 11.0 Å². The fourth-order valence-electron chi connectivity index (χ4n) is 2.49. The molecule has 2 rings (SSSR count). The van der Waals surface area contributed by atoms with Crippen molar-refractivity contribution in [2.45, 2.75) is 32.2 Å². The number of benzene rings is 1. The number of imidazole rings is 1. The number of rotatable bonds is 7. The minimum atomic E-state index is -0.412. The van der Waals surface area contributed by atoms with Crippen molar-refractivity contribution in [3.8, 4) is 0 Å². The maximum Gasteiger partial charge on any atom is 0.173 e. The summed E-state index contributed by atoms with van der Waals surface area (Å²) in [4.78, 5) is 4.68. The van der Waals surface area contributed by atoms with Gasteiger partial charge in [0.05, 0.1) is 17.1 Å². The van der Waals surface area contributed by atoms with Crippen LogP contribution in [0.15, 0.2) is 24.3 Å².